The van der Waals surface area contributed by atoms with Crippen molar-refractivity contribution in [3.63, 3.8) is 0 Å². The van der Waals surface area contributed by atoms with Crippen molar-refractivity contribution in [1.29, 1.82) is 0 Å². The Balaban J connectivity index is 0.000000448. The molecule has 0 saturated heterocycles. The molecule has 0 radical (unpaired) electrons. The summed E-state index contributed by atoms with van der Waals surface area (Å²) in [5.74, 6) is -0.583. The van der Waals surface area contributed by atoms with Crippen molar-refractivity contribution in [2.24, 2.45) is 0 Å². The first-order valence-corrected chi connectivity index (χ1v) is 9.36. The Hall–Kier alpha value is -3.58. The van der Waals surface area contributed by atoms with Crippen LogP contribution in [0.25, 0.3) is 10.9 Å². The molecule has 0 spiro atoms. The van der Waals surface area contributed by atoms with Crippen molar-refractivity contribution in [3.05, 3.63) is 83.0 Å². The predicted octanol–water partition coefficient (Wildman–Crippen LogP) is 3.97. The quantitative estimate of drug-likeness (QED) is 0.532. The van der Waals surface area contributed by atoms with E-state index in [2.05, 4.69) is 9.97 Å². The molecule has 2 heterocycles. The molecule has 0 fully saturated rings. The number of hydrogen-bond acceptors (Lipinski definition) is 4. The third-order valence-corrected chi connectivity index (χ3v) is 4.79. The summed E-state index contributed by atoms with van der Waals surface area (Å²) in [5, 5.41) is 10.5. The molecule has 0 aliphatic carbocycles. The summed E-state index contributed by atoms with van der Waals surface area (Å²) in [5.41, 5.74) is 2.32. The standard InChI is InChI=1S/C19H16ClNO4.C3H3N2/c1-11-15(10-18(22)23)16-9-14(25-2)7-8-17(16)21(11)19(24)12-3-5-13(20)6-4-12;1-2-5-3-4-1/h3-9H,10H2,1-2H3,(H,22,23);1-3H/q;-1. The number of rotatable bonds is 4. The topological polar surface area (TPSA) is 95.5 Å². The largest absolute Gasteiger partial charge is 0.497 e. The smallest absolute Gasteiger partial charge is 0.307 e. The molecule has 0 aliphatic rings. The molecule has 0 aliphatic heterocycles. The third kappa shape index (κ3) is 4.52. The second kappa shape index (κ2) is 9.28. The Kier molecular flexibility index (Phi) is 6.54. The van der Waals surface area contributed by atoms with Crippen molar-refractivity contribution < 1.29 is 19.4 Å². The fourth-order valence-corrected chi connectivity index (χ4v) is 3.27. The number of fused-ring (bicyclic) bond motifs is 1. The lowest BCUT2D eigenvalue weighted by molar-refractivity contribution is -0.136. The lowest BCUT2D eigenvalue weighted by Gasteiger charge is -2.08. The number of nitrogens with zero attached hydrogens (tertiary/aromatic N) is 3. The Morgan fingerprint density at radius 2 is 1.93 bits per heavy atom. The first kappa shape index (κ1) is 21.1. The van der Waals surface area contributed by atoms with Crippen LogP contribution in [0.3, 0.4) is 0 Å². The maximum absolute atomic E-state index is 13.0. The van der Waals surface area contributed by atoms with E-state index < -0.39 is 5.97 Å². The molecule has 2 aromatic carbocycles. The number of hydrogen-bond donors (Lipinski definition) is 1. The molecule has 7 nitrogen and oxygen atoms in total. The average molecular weight is 425 g/mol. The monoisotopic (exact) mass is 424 g/mol. The summed E-state index contributed by atoms with van der Waals surface area (Å²) in [6.45, 7) is 1.75. The molecule has 1 N–H and O–H groups in total. The Labute approximate surface area is 177 Å². The zero-order chi connectivity index (χ0) is 21.7. The molecule has 0 unspecified atom stereocenters. The van der Waals surface area contributed by atoms with Gasteiger partial charge in [0, 0.05) is 21.7 Å². The van der Waals surface area contributed by atoms with E-state index >= 15 is 0 Å². The summed E-state index contributed by atoms with van der Waals surface area (Å²) >= 11 is 5.89. The van der Waals surface area contributed by atoms with Gasteiger partial charge in [-0.25, -0.2) is 0 Å². The zero-order valence-corrected chi connectivity index (χ0v) is 17.1. The van der Waals surface area contributed by atoms with Crippen LogP contribution in [-0.4, -0.2) is 33.6 Å². The van der Waals surface area contributed by atoms with Gasteiger partial charge in [-0.2, -0.15) is 0 Å². The van der Waals surface area contributed by atoms with Gasteiger partial charge in [0.25, 0.3) is 5.91 Å². The normalized spacial score (nSPS) is 10.4. The van der Waals surface area contributed by atoms with Gasteiger partial charge in [0.15, 0.2) is 0 Å². The number of aliphatic carboxylic acids is 1. The van der Waals surface area contributed by atoms with E-state index in [1.54, 1.807) is 68.9 Å². The molecule has 154 valence electrons. The van der Waals surface area contributed by atoms with Gasteiger partial charge in [-0.3, -0.25) is 14.2 Å². The number of aromatic nitrogens is 3. The van der Waals surface area contributed by atoms with E-state index in [1.807, 2.05) is 0 Å². The first-order valence-electron chi connectivity index (χ1n) is 8.99. The number of imidazole rings is 1. The van der Waals surface area contributed by atoms with Crippen LogP contribution in [-0.2, 0) is 11.2 Å². The molecule has 8 heteroatoms. The molecule has 0 atom stereocenters. The van der Waals surface area contributed by atoms with Crippen LogP contribution in [0.1, 0.15) is 21.6 Å². The molecule has 0 amide bonds. The number of methoxy groups -OCH3 is 1. The number of carboxylic acid groups (broad SMARTS) is 1. The number of halogens is 1. The summed E-state index contributed by atoms with van der Waals surface area (Å²) in [7, 11) is 1.54. The second-order valence-electron chi connectivity index (χ2n) is 6.38. The molecule has 0 bridgehead atoms. The predicted molar refractivity (Wildman–Crippen MR) is 113 cm³/mol. The van der Waals surface area contributed by atoms with Gasteiger partial charge in [-0.15, -0.1) is 0 Å². The maximum atomic E-state index is 13.0. The van der Waals surface area contributed by atoms with Crippen LogP contribution >= 0.6 is 11.6 Å². The fourth-order valence-electron chi connectivity index (χ4n) is 3.14. The van der Waals surface area contributed by atoms with Gasteiger partial charge in [0.1, 0.15) is 5.75 Å². The molecular formula is C22H19ClN3O4-. The number of carbonyl (C=O) groups excluding carboxylic acids is 1. The van der Waals surface area contributed by atoms with E-state index in [0.717, 1.165) is 0 Å². The summed E-state index contributed by atoms with van der Waals surface area (Å²) < 4.78 is 6.77. The van der Waals surface area contributed by atoms with Crippen LogP contribution in [0.5, 0.6) is 5.75 Å². The van der Waals surface area contributed by atoms with Gasteiger partial charge < -0.3 is 19.8 Å². The molecule has 4 rings (SSSR count). The first-order chi connectivity index (χ1) is 14.4. The summed E-state index contributed by atoms with van der Waals surface area (Å²) in [6.07, 6.45) is 4.61. The number of carbonyl (C=O) groups is 2. The highest BCUT2D eigenvalue weighted by Gasteiger charge is 2.21. The molecular weight excluding hydrogens is 406 g/mol. The van der Waals surface area contributed by atoms with Crippen molar-refractivity contribution in [3.8, 4) is 5.75 Å². The highest BCUT2D eigenvalue weighted by Crippen LogP contribution is 2.30. The van der Waals surface area contributed by atoms with E-state index in [-0.39, 0.29) is 12.3 Å². The van der Waals surface area contributed by atoms with Crippen LogP contribution < -0.4 is 9.72 Å². The van der Waals surface area contributed by atoms with E-state index in [4.69, 9.17) is 16.3 Å². The van der Waals surface area contributed by atoms with E-state index in [1.165, 1.54) is 10.9 Å². The van der Waals surface area contributed by atoms with Crippen LogP contribution in [0.4, 0.5) is 0 Å². The maximum Gasteiger partial charge on any atom is 0.307 e. The van der Waals surface area contributed by atoms with Gasteiger partial charge in [0.05, 0.1) is 19.0 Å². The molecule has 0 saturated carbocycles. The van der Waals surface area contributed by atoms with Gasteiger partial charge in [0.2, 0.25) is 0 Å². The SMILES string of the molecule is COc1ccc2c(c1)c(CC(=O)O)c(C)n2C(=O)c1ccc(Cl)cc1.c1c[n-]cn1. The molecule has 4 aromatic rings. The van der Waals surface area contributed by atoms with Crippen molar-refractivity contribution in [2.75, 3.05) is 7.11 Å². The summed E-state index contributed by atoms with van der Waals surface area (Å²) in [4.78, 5) is 31.5. The Morgan fingerprint density at radius 1 is 1.20 bits per heavy atom. The number of benzene rings is 2. The van der Waals surface area contributed by atoms with Crippen molar-refractivity contribution >= 4 is 34.4 Å². The number of carboxylic acids is 1. The summed E-state index contributed by atoms with van der Waals surface area (Å²) in [6, 6.07) is 11.9. The van der Waals surface area contributed by atoms with E-state index in [0.29, 0.717) is 38.5 Å². The lowest BCUT2D eigenvalue weighted by atomic mass is 10.1. The van der Waals surface area contributed by atoms with Gasteiger partial charge in [-0.1, -0.05) is 30.3 Å². The second-order valence-corrected chi connectivity index (χ2v) is 6.81. The van der Waals surface area contributed by atoms with Crippen LogP contribution in [0.15, 0.2) is 61.2 Å². The van der Waals surface area contributed by atoms with Crippen molar-refractivity contribution in [2.45, 2.75) is 13.3 Å². The minimum Gasteiger partial charge on any atom is -0.497 e. The Bertz CT molecular complexity index is 1150. The Morgan fingerprint density at radius 3 is 2.47 bits per heavy atom. The molecule has 2 aromatic heterocycles. The average Bonchev–Trinajstić information content (AvgIpc) is 3.39. The third-order valence-electron chi connectivity index (χ3n) is 4.54. The lowest BCUT2D eigenvalue weighted by Crippen LogP contribution is -2.14. The highest BCUT2D eigenvalue weighted by molar-refractivity contribution is 6.30. The minimum atomic E-state index is -0.955. The van der Waals surface area contributed by atoms with Gasteiger partial charge >= 0.3 is 5.97 Å². The van der Waals surface area contributed by atoms with Gasteiger partial charge in [-0.05, 0) is 55.0 Å². The van der Waals surface area contributed by atoms with E-state index in [9.17, 15) is 14.7 Å². The molecule has 30 heavy (non-hydrogen) atoms. The fraction of sp³-hybridized carbons (Fsp3) is 0.136. The van der Waals surface area contributed by atoms with Crippen LogP contribution in [0, 0.1) is 6.92 Å². The van der Waals surface area contributed by atoms with Crippen molar-refractivity contribution in [1.82, 2.24) is 14.5 Å². The highest BCUT2D eigenvalue weighted by atomic mass is 35.5. The van der Waals surface area contributed by atoms with Crippen LogP contribution in [0.2, 0.25) is 5.02 Å². The number of ether oxygens (including phenoxy) is 1. The zero-order valence-electron chi connectivity index (χ0n) is 16.4. The minimum absolute atomic E-state index is 0.170.